The number of carbonyl (C=O) groups is 2. The summed E-state index contributed by atoms with van der Waals surface area (Å²) in [7, 11) is 1.28. The van der Waals surface area contributed by atoms with Crippen molar-refractivity contribution < 1.29 is 19.4 Å². The fourth-order valence-electron chi connectivity index (χ4n) is 1.44. The molecule has 0 aromatic heterocycles. The smallest absolute Gasteiger partial charge is 0.323 e. The molecule has 0 aliphatic heterocycles. The quantitative estimate of drug-likeness (QED) is 0.702. The van der Waals surface area contributed by atoms with Gasteiger partial charge in [-0.1, -0.05) is 30.3 Å². The Morgan fingerprint density at radius 1 is 1.35 bits per heavy atom. The number of carbonyl (C=O) groups excluding carboxylic acids is 1. The van der Waals surface area contributed by atoms with Crippen molar-refractivity contribution in [3.8, 4) is 0 Å². The minimum atomic E-state index is -1.01. The highest BCUT2D eigenvalue weighted by atomic mass is 16.5. The number of benzene rings is 1. The normalized spacial score (nSPS) is 11.8. The van der Waals surface area contributed by atoms with E-state index >= 15 is 0 Å². The van der Waals surface area contributed by atoms with E-state index in [1.54, 1.807) is 0 Å². The van der Waals surface area contributed by atoms with Gasteiger partial charge in [-0.05, 0) is 12.0 Å². The van der Waals surface area contributed by atoms with Crippen molar-refractivity contribution >= 4 is 11.9 Å². The van der Waals surface area contributed by atoms with Gasteiger partial charge in [0.25, 0.3) is 0 Å². The second kappa shape index (κ2) is 6.65. The number of aliphatic carboxylic acids is 1. The summed E-state index contributed by atoms with van der Waals surface area (Å²) in [5.41, 5.74) is 0.945. The van der Waals surface area contributed by atoms with Crippen molar-refractivity contribution in [2.24, 2.45) is 0 Å². The van der Waals surface area contributed by atoms with Crippen molar-refractivity contribution in [1.29, 1.82) is 0 Å². The summed E-state index contributed by atoms with van der Waals surface area (Å²) in [5, 5.41) is 11.2. The molecule has 0 amide bonds. The zero-order valence-electron chi connectivity index (χ0n) is 9.55. The minimum absolute atomic E-state index is 0.271. The van der Waals surface area contributed by atoms with Gasteiger partial charge < -0.3 is 9.84 Å². The molecule has 0 bridgehead atoms. The Balaban J connectivity index is 2.63. The average Bonchev–Trinajstić information content (AvgIpc) is 2.34. The van der Waals surface area contributed by atoms with Crippen LogP contribution in [0.3, 0.4) is 0 Å². The Morgan fingerprint density at radius 2 is 2.00 bits per heavy atom. The van der Waals surface area contributed by atoms with Gasteiger partial charge in [-0.3, -0.25) is 14.9 Å². The number of methoxy groups -OCH3 is 1. The van der Waals surface area contributed by atoms with Crippen molar-refractivity contribution in [1.82, 2.24) is 5.32 Å². The number of carboxylic acids is 1. The van der Waals surface area contributed by atoms with Crippen molar-refractivity contribution in [2.75, 3.05) is 13.7 Å². The van der Waals surface area contributed by atoms with Crippen LogP contribution in [0.25, 0.3) is 0 Å². The lowest BCUT2D eigenvalue weighted by Crippen LogP contribution is -2.42. The lowest BCUT2D eigenvalue weighted by molar-refractivity contribution is -0.143. The summed E-state index contributed by atoms with van der Waals surface area (Å²) in [4.78, 5) is 21.9. The molecule has 0 aliphatic carbocycles. The lowest BCUT2D eigenvalue weighted by atomic mass is 10.1. The molecule has 17 heavy (non-hydrogen) atoms. The molecular weight excluding hydrogens is 222 g/mol. The summed E-state index contributed by atoms with van der Waals surface area (Å²) in [5.74, 6) is -1.47. The first kappa shape index (κ1) is 13.2. The predicted octanol–water partition coefficient (Wildman–Crippen LogP) is 0.445. The standard InChI is InChI=1S/C12H15NO4/c1-17-12(16)10(13-8-11(14)15)7-9-5-3-2-4-6-9/h2-6,10,13H,7-8H2,1H3,(H,14,15)/t10-/m0/s1. The molecule has 0 saturated heterocycles. The van der Waals surface area contributed by atoms with E-state index in [1.807, 2.05) is 30.3 Å². The van der Waals surface area contributed by atoms with Gasteiger partial charge in [0.2, 0.25) is 0 Å². The second-order valence-electron chi connectivity index (χ2n) is 3.54. The maximum Gasteiger partial charge on any atom is 0.323 e. The molecule has 5 nitrogen and oxygen atoms in total. The molecule has 0 saturated carbocycles. The zero-order chi connectivity index (χ0) is 12.7. The van der Waals surface area contributed by atoms with Crippen LogP contribution in [0, 0.1) is 0 Å². The molecule has 0 aliphatic rings. The van der Waals surface area contributed by atoms with Crippen LogP contribution in [-0.4, -0.2) is 36.7 Å². The van der Waals surface area contributed by atoms with Crippen molar-refractivity contribution in [3.63, 3.8) is 0 Å². The van der Waals surface area contributed by atoms with Crippen molar-refractivity contribution in [2.45, 2.75) is 12.5 Å². The third-order valence-corrected chi connectivity index (χ3v) is 2.27. The number of carboxylic acid groups (broad SMARTS) is 1. The zero-order valence-corrected chi connectivity index (χ0v) is 9.55. The van der Waals surface area contributed by atoms with E-state index in [2.05, 4.69) is 10.1 Å². The lowest BCUT2D eigenvalue weighted by Gasteiger charge is -2.15. The molecule has 0 heterocycles. The summed E-state index contributed by atoms with van der Waals surface area (Å²) in [6.07, 6.45) is 0.404. The predicted molar refractivity (Wildman–Crippen MR) is 61.6 cm³/mol. The Hall–Kier alpha value is -1.88. The Bertz CT molecular complexity index is 377. The van der Waals surface area contributed by atoms with E-state index < -0.39 is 18.0 Å². The van der Waals surface area contributed by atoms with Crippen LogP contribution in [0.1, 0.15) is 5.56 Å². The highest BCUT2D eigenvalue weighted by Crippen LogP contribution is 2.04. The molecule has 0 unspecified atom stereocenters. The molecule has 1 atom stereocenters. The largest absolute Gasteiger partial charge is 0.480 e. The molecule has 1 rings (SSSR count). The Kier molecular flexibility index (Phi) is 5.16. The summed E-state index contributed by atoms with van der Waals surface area (Å²) in [6, 6.07) is 8.71. The van der Waals surface area contributed by atoms with Gasteiger partial charge in [-0.2, -0.15) is 0 Å². The van der Waals surface area contributed by atoms with Gasteiger partial charge in [0.05, 0.1) is 13.7 Å². The summed E-state index contributed by atoms with van der Waals surface area (Å²) in [6.45, 7) is -0.271. The third kappa shape index (κ3) is 4.65. The van der Waals surface area contributed by atoms with E-state index in [0.717, 1.165) is 5.56 Å². The van der Waals surface area contributed by atoms with Crippen LogP contribution in [0.5, 0.6) is 0 Å². The van der Waals surface area contributed by atoms with Crippen LogP contribution in [0.15, 0.2) is 30.3 Å². The monoisotopic (exact) mass is 237 g/mol. The number of ether oxygens (including phenoxy) is 1. The molecule has 5 heteroatoms. The Labute approximate surface area is 99.4 Å². The van der Waals surface area contributed by atoms with Crippen molar-refractivity contribution in [3.05, 3.63) is 35.9 Å². The van der Waals surface area contributed by atoms with Crippen LogP contribution < -0.4 is 5.32 Å². The van der Waals surface area contributed by atoms with E-state index in [-0.39, 0.29) is 6.54 Å². The van der Waals surface area contributed by atoms with E-state index in [4.69, 9.17) is 5.11 Å². The second-order valence-corrected chi connectivity index (χ2v) is 3.54. The van der Waals surface area contributed by atoms with Gasteiger partial charge >= 0.3 is 11.9 Å². The molecule has 1 aromatic rings. The highest BCUT2D eigenvalue weighted by Gasteiger charge is 2.19. The molecule has 92 valence electrons. The van der Waals surface area contributed by atoms with E-state index in [0.29, 0.717) is 6.42 Å². The molecule has 0 spiro atoms. The number of rotatable bonds is 6. The number of esters is 1. The average molecular weight is 237 g/mol. The number of hydrogen-bond donors (Lipinski definition) is 2. The molecule has 0 fully saturated rings. The van der Waals surface area contributed by atoms with Gasteiger partial charge in [0.15, 0.2) is 0 Å². The topological polar surface area (TPSA) is 75.6 Å². The van der Waals surface area contributed by atoms with Gasteiger partial charge in [0.1, 0.15) is 6.04 Å². The van der Waals surface area contributed by atoms with E-state index in [9.17, 15) is 9.59 Å². The third-order valence-electron chi connectivity index (χ3n) is 2.27. The van der Waals surface area contributed by atoms with Crippen LogP contribution in [-0.2, 0) is 20.7 Å². The maximum atomic E-state index is 11.5. The van der Waals surface area contributed by atoms with E-state index in [1.165, 1.54) is 7.11 Å². The van der Waals surface area contributed by atoms with Gasteiger partial charge in [0, 0.05) is 0 Å². The van der Waals surface area contributed by atoms with Crippen LogP contribution >= 0.6 is 0 Å². The first-order chi connectivity index (χ1) is 8.13. The number of nitrogens with one attached hydrogen (secondary N) is 1. The molecule has 0 radical (unpaired) electrons. The summed E-state index contributed by atoms with van der Waals surface area (Å²) < 4.78 is 4.62. The Morgan fingerprint density at radius 3 is 2.53 bits per heavy atom. The first-order valence-corrected chi connectivity index (χ1v) is 5.20. The number of hydrogen-bond acceptors (Lipinski definition) is 4. The van der Waals surface area contributed by atoms with Crippen LogP contribution in [0.2, 0.25) is 0 Å². The van der Waals surface area contributed by atoms with Crippen LogP contribution in [0.4, 0.5) is 0 Å². The first-order valence-electron chi connectivity index (χ1n) is 5.20. The fraction of sp³-hybridized carbons (Fsp3) is 0.333. The molecular formula is C12H15NO4. The highest BCUT2D eigenvalue weighted by molar-refractivity contribution is 5.77. The van der Waals surface area contributed by atoms with Gasteiger partial charge in [-0.15, -0.1) is 0 Å². The SMILES string of the molecule is COC(=O)[C@H](Cc1ccccc1)NCC(=O)O. The fourth-order valence-corrected chi connectivity index (χ4v) is 1.44. The maximum absolute atomic E-state index is 11.5. The van der Waals surface area contributed by atoms with Gasteiger partial charge in [-0.25, -0.2) is 0 Å². The molecule has 1 aromatic carbocycles. The summed E-state index contributed by atoms with van der Waals surface area (Å²) >= 11 is 0. The molecule has 2 N–H and O–H groups in total. The minimum Gasteiger partial charge on any atom is -0.480 e.